The summed E-state index contributed by atoms with van der Waals surface area (Å²) in [6.45, 7) is 5.07. The smallest absolute Gasteiger partial charge is 0.239 e. The monoisotopic (exact) mass is 229 g/mol. The molecule has 0 rings (SSSR count). The first-order valence-electron chi connectivity index (χ1n) is 5.76. The standard InChI is InChI=1S/C11H23N3O2/c1-4-7-14(8-10(15)13-3)11(16)9(2)5-6-12/h9H,4-8,12H2,1-3H3,(H,13,15). The van der Waals surface area contributed by atoms with Crippen LogP contribution in [0.25, 0.3) is 0 Å². The van der Waals surface area contributed by atoms with Gasteiger partial charge in [0, 0.05) is 19.5 Å². The fourth-order valence-corrected chi connectivity index (χ4v) is 1.47. The van der Waals surface area contributed by atoms with Crippen LogP contribution in [0.5, 0.6) is 0 Å². The van der Waals surface area contributed by atoms with Crippen LogP contribution in [0.2, 0.25) is 0 Å². The van der Waals surface area contributed by atoms with Crippen LogP contribution in [0.15, 0.2) is 0 Å². The Hall–Kier alpha value is -1.10. The number of rotatable bonds is 7. The fraction of sp³-hybridized carbons (Fsp3) is 0.818. The van der Waals surface area contributed by atoms with Crippen molar-refractivity contribution in [2.45, 2.75) is 26.7 Å². The zero-order chi connectivity index (χ0) is 12.6. The number of nitrogens with one attached hydrogen (secondary N) is 1. The predicted molar refractivity (Wildman–Crippen MR) is 63.8 cm³/mol. The highest BCUT2D eigenvalue weighted by Crippen LogP contribution is 2.06. The van der Waals surface area contributed by atoms with E-state index in [9.17, 15) is 9.59 Å². The van der Waals surface area contributed by atoms with Gasteiger partial charge in [0.15, 0.2) is 0 Å². The second-order valence-electron chi connectivity index (χ2n) is 3.91. The normalized spacial score (nSPS) is 12.0. The number of nitrogens with zero attached hydrogens (tertiary/aromatic N) is 1. The molecule has 0 radical (unpaired) electrons. The van der Waals surface area contributed by atoms with E-state index in [0.29, 0.717) is 19.5 Å². The molecule has 16 heavy (non-hydrogen) atoms. The molecule has 0 aromatic carbocycles. The minimum atomic E-state index is -0.137. The Labute approximate surface area is 97.4 Å². The molecule has 0 aliphatic rings. The van der Waals surface area contributed by atoms with E-state index in [1.165, 1.54) is 0 Å². The van der Waals surface area contributed by atoms with Gasteiger partial charge in [0.2, 0.25) is 11.8 Å². The lowest BCUT2D eigenvalue weighted by molar-refractivity contribution is -0.139. The molecule has 94 valence electrons. The largest absolute Gasteiger partial charge is 0.358 e. The molecule has 0 saturated carbocycles. The van der Waals surface area contributed by atoms with Crippen LogP contribution >= 0.6 is 0 Å². The Morgan fingerprint density at radius 1 is 1.44 bits per heavy atom. The number of carbonyl (C=O) groups is 2. The van der Waals surface area contributed by atoms with Gasteiger partial charge in [-0.05, 0) is 19.4 Å². The van der Waals surface area contributed by atoms with Crippen LogP contribution in [0, 0.1) is 5.92 Å². The van der Waals surface area contributed by atoms with Crippen molar-refractivity contribution in [3.8, 4) is 0 Å². The predicted octanol–water partition coefficient (Wildman–Crippen LogP) is -0.0441. The van der Waals surface area contributed by atoms with Gasteiger partial charge < -0.3 is 16.0 Å². The highest BCUT2D eigenvalue weighted by Gasteiger charge is 2.20. The summed E-state index contributed by atoms with van der Waals surface area (Å²) in [4.78, 5) is 24.8. The molecule has 5 heteroatoms. The lowest BCUT2D eigenvalue weighted by Gasteiger charge is -2.24. The topological polar surface area (TPSA) is 75.4 Å². The second kappa shape index (κ2) is 8.10. The van der Waals surface area contributed by atoms with Gasteiger partial charge >= 0.3 is 0 Å². The van der Waals surface area contributed by atoms with Crippen molar-refractivity contribution in [1.29, 1.82) is 0 Å². The minimum absolute atomic E-state index is 0.0101. The molecule has 5 nitrogen and oxygen atoms in total. The van der Waals surface area contributed by atoms with Crippen LogP contribution in [0.4, 0.5) is 0 Å². The van der Waals surface area contributed by atoms with Crippen LogP contribution in [0.1, 0.15) is 26.7 Å². The van der Waals surface area contributed by atoms with E-state index < -0.39 is 0 Å². The van der Waals surface area contributed by atoms with Crippen LogP contribution in [-0.4, -0.2) is 43.4 Å². The summed E-state index contributed by atoms with van der Waals surface area (Å²) in [6, 6.07) is 0. The van der Waals surface area contributed by atoms with Crippen molar-refractivity contribution >= 4 is 11.8 Å². The third-order valence-electron chi connectivity index (χ3n) is 2.44. The number of likely N-dealkylation sites (N-methyl/N-ethyl adjacent to an activating group) is 1. The molecule has 0 aliphatic carbocycles. The summed E-state index contributed by atoms with van der Waals surface area (Å²) in [6.07, 6.45) is 1.50. The first-order chi connectivity index (χ1) is 7.56. The number of hydrogen-bond acceptors (Lipinski definition) is 3. The van der Waals surface area contributed by atoms with Gasteiger partial charge in [0.25, 0.3) is 0 Å². The fourth-order valence-electron chi connectivity index (χ4n) is 1.47. The number of carbonyl (C=O) groups excluding carboxylic acids is 2. The molecule has 0 spiro atoms. The lowest BCUT2D eigenvalue weighted by atomic mass is 10.1. The Morgan fingerprint density at radius 2 is 2.06 bits per heavy atom. The SMILES string of the molecule is CCCN(CC(=O)NC)C(=O)C(C)CCN. The third-order valence-corrected chi connectivity index (χ3v) is 2.44. The average molecular weight is 229 g/mol. The van der Waals surface area contributed by atoms with Gasteiger partial charge in [0.05, 0.1) is 6.54 Å². The van der Waals surface area contributed by atoms with E-state index in [0.717, 1.165) is 6.42 Å². The third kappa shape index (κ3) is 5.11. The highest BCUT2D eigenvalue weighted by molar-refractivity contribution is 5.85. The molecule has 0 saturated heterocycles. The lowest BCUT2D eigenvalue weighted by Crippen LogP contribution is -2.42. The van der Waals surface area contributed by atoms with Gasteiger partial charge in [-0.3, -0.25) is 9.59 Å². The number of nitrogens with two attached hydrogens (primary N) is 1. The van der Waals surface area contributed by atoms with Crippen molar-refractivity contribution in [3.05, 3.63) is 0 Å². The number of amides is 2. The molecular weight excluding hydrogens is 206 g/mol. The van der Waals surface area contributed by atoms with Crippen molar-refractivity contribution in [2.24, 2.45) is 11.7 Å². The molecule has 1 atom stereocenters. The maximum Gasteiger partial charge on any atom is 0.239 e. The van der Waals surface area contributed by atoms with Gasteiger partial charge in [-0.1, -0.05) is 13.8 Å². The Bertz CT molecular complexity index is 231. The van der Waals surface area contributed by atoms with Gasteiger partial charge in [-0.2, -0.15) is 0 Å². The summed E-state index contributed by atoms with van der Waals surface area (Å²) in [5.74, 6) is -0.237. The zero-order valence-corrected chi connectivity index (χ0v) is 10.5. The van der Waals surface area contributed by atoms with E-state index in [2.05, 4.69) is 5.32 Å². The summed E-state index contributed by atoms with van der Waals surface area (Å²) < 4.78 is 0. The van der Waals surface area contributed by atoms with E-state index in [-0.39, 0.29) is 24.3 Å². The Kier molecular flexibility index (Phi) is 7.54. The van der Waals surface area contributed by atoms with E-state index >= 15 is 0 Å². The summed E-state index contributed by atoms with van der Waals surface area (Å²) >= 11 is 0. The molecule has 3 N–H and O–H groups in total. The van der Waals surface area contributed by atoms with Crippen LogP contribution in [0.3, 0.4) is 0 Å². The second-order valence-corrected chi connectivity index (χ2v) is 3.91. The quantitative estimate of drug-likeness (QED) is 0.643. The zero-order valence-electron chi connectivity index (χ0n) is 10.5. The first kappa shape index (κ1) is 14.9. The summed E-state index contributed by atoms with van der Waals surface area (Å²) in [5, 5.41) is 2.52. The van der Waals surface area contributed by atoms with Gasteiger partial charge in [0.1, 0.15) is 0 Å². The number of hydrogen-bond donors (Lipinski definition) is 2. The van der Waals surface area contributed by atoms with Crippen molar-refractivity contribution in [1.82, 2.24) is 10.2 Å². The molecule has 2 amide bonds. The van der Waals surface area contributed by atoms with Crippen LogP contribution in [-0.2, 0) is 9.59 Å². The van der Waals surface area contributed by atoms with Gasteiger partial charge in [-0.25, -0.2) is 0 Å². The van der Waals surface area contributed by atoms with E-state index in [1.807, 2.05) is 13.8 Å². The maximum absolute atomic E-state index is 12.0. The molecule has 0 aromatic rings. The summed E-state index contributed by atoms with van der Waals surface area (Å²) in [5.41, 5.74) is 5.42. The van der Waals surface area contributed by atoms with Crippen molar-refractivity contribution < 1.29 is 9.59 Å². The van der Waals surface area contributed by atoms with E-state index in [1.54, 1.807) is 11.9 Å². The molecule has 1 unspecified atom stereocenters. The Balaban J connectivity index is 4.38. The molecule has 0 aliphatic heterocycles. The average Bonchev–Trinajstić information content (AvgIpc) is 2.27. The first-order valence-corrected chi connectivity index (χ1v) is 5.76. The highest BCUT2D eigenvalue weighted by atomic mass is 16.2. The molecule has 0 fully saturated rings. The molecule has 0 bridgehead atoms. The molecular formula is C11H23N3O2. The van der Waals surface area contributed by atoms with Crippen LogP contribution < -0.4 is 11.1 Å². The molecule has 0 aromatic heterocycles. The molecule has 0 heterocycles. The maximum atomic E-state index is 12.0. The van der Waals surface area contributed by atoms with Crippen molar-refractivity contribution in [3.63, 3.8) is 0 Å². The van der Waals surface area contributed by atoms with Gasteiger partial charge in [-0.15, -0.1) is 0 Å². The van der Waals surface area contributed by atoms with E-state index in [4.69, 9.17) is 5.73 Å². The van der Waals surface area contributed by atoms with Crippen molar-refractivity contribution in [2.75, 3.05) is 26.7 Å². The Morgan fingerprint density at radius 3 is 2.50 bits per heavy atom. The summed E-state index contributed by atoms with van der Waals surface area (Å²) in [7, 11) is 1.57. The minimum Gasteiger partial charge on any atom is -0.358 e.